The van der Waals surface area contributed by atoms with E-state index in [1.54, 1.807) is 0 Å². The molecule has 1 atom stereocenters. The number of hydrogen-bond donors (Lipinski definition) is 0. The first-order valence-electron chi connectivity index (χ1n) is 5.60. The first-order valence-corrected chi connectivity index (χ1v) is 6.83. The number of aryl methyl sites for hydroxylation is 1. The maximum atomic E-state index is 6.44. The lowest BCUT2D eigenvalue weighted by molar-refractivity contribution is 0.918. The Balaban J connectivity index is 2.11. The van der Waals surface area contributed by atoms with Gasteiger partial charge in [-0.1, -0.05) is 57.9 Å². The first kappa shape index (κ1) is 12.7. The van der Waals surface area contributed by atoms with E-state index in [4.69, 9.17) is 11.6 Å². The van der Waals surface area contributed by atoms with Gasteiger partial charge >= 0.3 is 0 Å². The zero-order valence-electron chi connectivity index (χ0n) is 9.66. The minimum Gasteiger partial charge on any atom is -0.117 e. The van der Waals surface area contributed by atoms with E-state index in [1.807, 2.05) is 0 Å². The van der Waals surface area contributed by atoms with E-state index in [1.165, 1.54) is 16.7 Å². The van der Waals surface area contributed by atoms with E-state index in [9.17, 15) is 0 Å². The van der Waals surface area contributed by atoms with E-state index < -0.39 is 0 Å². The van der Waals surface area contributed by atoms with Crippen molar-refractivity contribution in [3.8, 4) is 0 Å². The van der Waals surface area contributed by atoms with Crippen LogP contribution in [0.5, 0.6) is 0 Å². The van der Waals surface area contributed by atoms with Crippen molar-refractivity contribution in [3.05, 3.63) is 69.7 Å². The second kappa shape index (κ2) is 5.70. The van der Waals surface area contributed by atoms with Crippen molar-refractivity contribution in [3.63, 3.8) is 0 Å². The van der Waals surface area contributed by atoms with Gasteiger partial charge in [0.15, 0.2) is 0 Å². The van der Waals surface area contributed by atoms with Crippen molar-refractivity contribution in [2.45, 2.75) is 18.7 Å². The Kier molecular flexibility index (Phi) is 4.25. The van der Waals surface area contributed by atoms with Gasteiger partial charge in [-0.3, -0.25) is 0 Å². The van der Waals surface area contributed by atoms with Crippen LogP contribution in [0.1, 0.15) is 22.1 Å². The average molecular weight is 310 g/mol. The Morgan fingerprint density at radius 3 is 2.47 bits per heavy atom. The van der Waals surface area contributed by atoms with Crippen LogP contribution in [0.25, 0.3) is 0 Å². The Hall–Kier alpha value is -0.790. The largest absolute Gasteiger partial charge is 0.117 e. The third-order valence-corrected chi connectivity index (χ3v) is 3.67. The van der Waals surface area contributed by atoms with Gasteiger partial charge in [-0.2, -0.15) is 0 Å². The van der Waals surface area contributed by atoms with Gasteiger partial charge in [0.05, 0.1) is 5.38 Å². The van der Waals surface area contributed by atoms with Crippen molar-refractivity contribution in [2.24, 2.45) is 0 Å². The van der Waals surface area contributed by atoms with Crippen LogP contribution in [0, 0.1) is 6.92 Å². The molecule has 2 aromatic carbocycles. The lowest BCUT2D eigenvalue weighted by Gasteiger charge is -2.10. The summed E-state index contributed by atoms with van der Waals surface area (Å²) in [6.45, 7) is 2.09. The molecule has 2 rings (SSSR count). The molecule has 0 amide bonds. The highest BCUT2D eigenvalue weighted by Crippen LogP contribution is 2.26. The molecule has 2 aromatic rings. The van der Waals surface area contributed by atoms with Gasteiger partial charge < -0.3 is 0 Å². The highest BCUT2D eigenvalue weighted by molar-refractivity contribution is 9.10. The topological polar surface area (TPSA) is 0 Å². The van der Waals surface area contributed by atoms with Crippen LogP contribution >= 0.6 is 27.5 Å². The monoisotopic (exact) mass is 308 g/mol. The van der Waals surface area contributed by atoms with Gasteiger partial charge in [0.25, 0.3) is 0 Å². The summed E-state index contributed by atoms with van der Waals surface area (Å²) in [5.41, 5.74) is 3.70. The van der Waals surface area contributed by atoms with E-state index >= 15 is 0 Å². The summed E-state index contributed by atoms with van der Waals surface area (Å²) < 4.78 is 1.10. The second-order valence-electron chi connectivity index (χ2n) is 4.21. The summed E-state index contributed by atoms with van der Waals surface area (Å²) in [5, 5.41) is 0.0380. The summed E-state index contributed by atoms with van der Waals surface area (Å²) in [4.78, 5) is 0. The molecule has 1 unspecified atom stereocenters. The van der Waals surface area contributed by atoms with Gasteiger partial charge in [0.2, 0.25) is 0 Å². The standard InChI is InChI=1S/C15H14BrCl/c1-11-3-2-4-13(9-11)15(17)10-12-5-7-14(16)8-6-12/h2-9,15H,10H2,1H3. The van der Waals surface area contributed by atoms with E-state index in [-0.39, 0.29) is 5.38 Å². The van der Waals surface area contributed by atoms with Crippen LogP contribution in [0.4, 0.5) is 0 Å². The third-order valence-electron chi connectivity index (χ3n) is 2.73. The summed E-state index contributed by atoms with van der Waals surface area (Å²) in [6, 6.07) is 16.7. The lowest BCUT2D eigenvalue weighted by Crippen LogP contribution is -1.96. The predicted octanol–water partition coefficient (Wildman–Crippen LogP) is 5.28. The maximum absolute atomic E-state index is 6.44. The summed E-state index contributed by atoms with van der Waals surface area (Å²) in [6.07, 6.45) is 0.859. The van der Waals surface area contributed by atoms with Crippen molar-refractivity contribution in [1.82, 2.24) is 0 Å². The highest BCUT2D eigenvalue weighted by Gasteiger charge is 2.08. The first-order chi connectivity index (χ1) is 8.15. The molecule has 0 aliphatic rings. The van der Waals surface area contributed by atoms with Crippen molar-refractivity contribution < 1.29 is 0 Å². The van der Waals surface area contributed by atoms with Crippen molar-refractivity contribution >= 4 is 27.5 Å². The molecule has 0 nitrogen and oxygen atoms in total. The average Bonchev–Trinajstić information content (AvgIpc) is 2.32. The Labute approximate surface area is 116 Å². The third kappa shape index (κ3) is 3.58. The molecule has 0 fully saturated rings. The zero-order chi connectivity index (χ0) is 12.3. The predicted molar refractivity (Wildman–Crippen MR) is 77.6 cm³/mol. The Morgan fingerprint density at radius 1 is 1.12 bits per heavy atom. The van der Waals surface area contributed by atoms with Crippen LogP contribution in [0.2, 0.25) is 0 Å². The summed E-state index contributed by atoms with van der Waals surface area (Å²) in [7, 11) is 0. The Morgan fingerprint density at radius 2 is 1.82 bits per heavy atom. The van der Waals surface area contributed by atoms with Crippen LogP contribution in [-0.4, -0.2) is 0 Å². The molecule has 0 aliphatic heterocycles. The molecule has 0 aromatic heterocycles. The quantitative estimate of drug-likeness (QED) is 0.677. The maximum Gasteiger partial charge on any atom is 0.0625 e. The molecule has 0 heterocycles. The van der Waals surface area contributed by atoms with E-state index in [2.05, 4.69) is 71.4 Å². The molecule has 0 saturated carbocycles. The SMILES string of the molecule is Cc1cccc(C(Cl)Cc2ccc(Br)cc2)c1. The number of rotatable bonds is 3. The van der Waals surface area contributed by atoms with Gasteiger partial charge in [0.1, 0.15) is 0 Å². The minimum absolute atomic E-state index is 0.0380. The second-order valence-corrected chi connectivity index (χ2v) is 5.65. The molecule has 88 valence electrons. The van der Waals surface area contributed by atoms with Gasteiger partial charge in [-0.05, 0) is 36.6 Å². The van der Waals surface area contributed by atoms with Crippen LogP contribution < -0.4 is 0 Å². The van der Waals surface area contributed by atoms with Crippen LogP contribution in [0.3, 0.4) is 0 Å². The van der Waals surface area contributed by atoms with Gasteiger partial charge in [-0.15, -0.1) is 11.6 Å². The summed E-state index contributed by atoms with van der Waals surface area (Å²) >= 11 is 9.87. The molecule has 0 saturated heterocycles. The molecule has 17 heavy (non-hydrogen) atoms. The van der Waals surface area contributed by atoms with Crippen LogP contribution in [0.15, 0.2) is 53.0 Å². The van der Waals surface area contributed by atoms with Gasteiger partial charge in [0, 0.05) is 4.47 Å². The van der Waals surface area contributed by atoms with Crippen LogP contribution in [-0.2, 0) is 6.42 Å². The molecule has 2 heteroatoms. The zero-order valence-corrected chi connectivity index (χ0v) is 12.0. The molecule has 0 N–H and O–H groups in total. The van der Waals surface area contributed by atoms with E-state index in [0.29, 0.717) is 0 Å². The van der Waals surface area contributed by atoms with Gasteiger partial charge in [-0.25, -0.2) is 0 Å². The minimum atomic E-state index is 0.0380. The molecule has 0 aliphatic carbocycles. The summed E-state index contributed by atoms with van der Waals surface area (Å²) in [5.74, 6) is 0. The molecule has 0 spiro atoms. The van der Waals surface area contributed by atoms with Crippen molar-refractivity contribution in [2.75, 3.05) is 0 Å². The number of benzene rings is 2. The Bertz CT molecular complexity index is 491. The fourth-order valence-corrected chi connectivity index (χ4v) is 2.39. The molecular weight excluding hydrogens is 296 g/mol. The number of hydrogen-bond acceptors (Lipinski definition) is 0. The fourth-order valence-electron chi connectivity index (χ4n) is 1.81. The molecule has 0 bridgehead atoms. The normalized spacial score (nSPS) is 12.4. The smallest absolute Gasteiger partial charge is 0.0625 e. The molecule has 0 radical (unpaired) electrons. The van der Waals surface area contributed by atoms with E-state index in [0.717, 1.165) is 10.9 Å². The van der Waals surface area contributed by atoms with Crippen molar-refractivity contribution in [1.29, 1.82) is 0 Å². The number of alkyl halides is 1. The fraction of sp³-hybridized carbons (Fsp3) is 0.200. The number of halogens is 2. The highest BCUT2D eigenvalue weighted by atomic mass is 79.9. The molecular formula is C15H14BrCl. The lowest BCUT2D eigenvalue weighted by atomic mass is 10.0.